The first kappa shape index (κ1) is 18.4. The predicted molar refractivity (Wildman–Crippen MR) is 89.7 cm³/mol. The molecule has 1 heterocycles. The quantitative estimate of drug-likeness (QED) is 0.262. The van der Waals surface area contributed by atoms with E-state index in [0.29, 0.717) is 12.7 Å². The number of rotatable bonds is 9. The minimum absolute atomic E-state index is 0.0658. The predicted octanol–water partition coefficient (Wildman–Crippen LogP) is 4.55. The second-order valence-corrected chi connectivity index (χ2v) is 6.59. The Morgan fingerprint density at radius 3 is 2.48 bits per heavy atom. The lowest BCUT2D eigenvalue weighted by atomic mass is 10.0. The molecule has 0 radical (unpaired) electrons. The lowest BCUT2D eigenvalue weighted by Gasteiger charge is -2.03. The molecule has 1 rings (SSSR count). The molecule has 0 unspecified atom stereocenters. The van der Waals surface area contributed by atoms with Gasteiger partial charge in [-0.15, -0.1) is 0 Å². The van der Waals surface area contributed by atoms with Gasteiger partial charge >= 0.3 is 5.97 Å². The normalized spacial score (nSPS) is 25.9. The summed E-state index contributed by atoms with van der Waals surface area (Å²) in [5.74, 6) is -0.229. The van der Waals surface area contributed by atoms with Crippen molar-refractivity contribution in [2.24, 2.45) is 0 Å². The maximum Gasteiger partial charge on any atom is 0.302 e. The molecule has 4 heteroatoms. The number of esters is 1. The van der Waals surface area contributed by atoms with E-state index in [2.05, 4.69) is 42.8 Å². The highest BCUT2D eigenvalue weighted by Crippen LogP contribution is 2.41. The van der Waals surface area contributed by atoms with Crippen LogP contribution in [0.4, 0.5) is 0 Å². The van der Waals surface area contributed by atoms with Gasteiger partial charge in [-0.25, -0.2) is 0 Å². The van der Waals surface area contributed by atoms with Crippen LogP contribution in [0.5, 0.6) is 0 Å². The monoisotopic (exact) mass is 358 g/mol. The minimum Gasteiger partial charge on any atom is -0.462 e. The van der Waals surface area contributed by atoms with Crippen molar-refractivity contribution < 1.29 is 14.3 Å². The number of allylic oxidation sites excluding steroid dienone is 3. The lowest BCUT2D eigenvalue weighted by Crippen LogP contribution is -2.11. The molecule has 0 amide bonds. The molecular weight excluding hydrogens is 332 g/mol. The maximum absolute atomic E-state index is 10.7. The van der Waals surface area contributed by atoms with Crippen LogP contribution in [0, 0.1) is 0 Å². The minimum atomic E-state index is -0.229. The van der Waals surface area contributed by atoms with Gasteiger partial charge < -0.3 is 9.47 Å². The van der Waals surface area contributed by atoms with Gasteiger partial charge in [0, 0.05) is 12.3 Å². The topological polar surface area (TPSA) is 38.8 Å². The van der Waals surface area contributed by atoms with Gasteiger partial charge in [-0.1, -0.05) is 33.2 Å². The van der Waals surface area contributed by atoms with Crippen LogP contribution in [0.2, 0.25) is 0 Å². The van der Waals surface area contributed by atoms with Crippen molar-refractivity contribution in [3.8, 4) is 0 Å². The van der Waals surface area contributed by atoms with Crippen molar-refractivity contribution in [2.75, 3.05) is 11.9 Å². The molecule has 0 aromatic carbocycles. The molecule has 0 saturated carbocycles. The summed E-state index contributed by atoms with van der Waals surface area (Å²) in [6, 6.07) is 0. The third kappa shape index (κ3) is 7.28. The zero-order chi connectivity index (χ0) is 15.9. The van der Waals surface area contributed by atoms with Crippen LogP contribution in [-0.4, -0.2) is 29.6 Å². The number of epoxide rings is 1. The Morgan fingerprint density at radius 1 is 1.24 bits per heavy atom. The molecule has 3 nitrogen and oxygen atoms in total. The Hall–Kier alpha value is -0.610. The smallest absolute Gasteiger partial charge is 0.302 e. The fourth-order valence-electron chi connectivity index (χ4n) is 2.18. The molecule has 0 aliphatic carbocycles. The van der Waals surface area contributed by atoms with E-state index in [1.165, 1.54) is 18.1 Å². The van der Waals surface area contributed by atoms with Gasteiger partial charge in [-0.2, -0.15) is 0 Å². The molecule has 0 N–H and O–H groups in total. The number of hydrogen-bond acceptors (Lipinski definition) is 3. The van der Waals surface area contributed by atoms with Crippen LogP contribution >= 0.6 is 15.9 Å². The highest BCUT2D eigenvalue weighted by molar-refractivity contribution is 9.09. The summed E-state index contributed by atoms with van der Waals surface area (Å²) >= 11 is 3.49. The van der Waals surface area contributed by atoms with Crippen molar-refractivity contribution in [1.29, 1.82) is 0 Å². The molecule has 1 saturated heterocycles. The molecule has 0 spiro atoms. The van der Waals surface area contributed by atoms with Gasteiger partial charge in [0.1, 0.15) is 12.2 Å². The SMILES string of the molecule is CC(=O)OC/C=C(\C)CC/C=C(\C)CC[C@@H]1O[C@@]1(C)CBr. The zero-order valence-electron chi connectivity index (χ0n) is 13.6. The Labute approximate surface area is 136 Å². The summed E-state index contributed by atoms with van der Waals surface area (Å²) in [6.07, 6.45) is 8.94. The van der Waals surface area contributed by atoms with Crippen molar-refractivity contribution >= 4 is 21.9 Å². The highest BCUT2D eigenvalue weighted by Gasteiger charge is 2.50. The first-order valence-electron chi connectivity index (χ1n) is 7.56. The van der Waals surface area contributed by atoms with E-state index in [4.69, 9.17) is 9.47 Å². The van der Waals surface area contributed by atoms with Crippen molar-refractivity contribution in [3.63, 3.8) is 0 Å². The van der Waals surface area contributed by atoms with E-state index in [9.17, 15) is 4.79 Å². The standard InChI is InChI=1S/C17H27BrO3/c1-13(8-9-16-17(4,12-18)21-16)6-5-7-14(2)10-11-20-15(3)19/h6,10,16H,5,7-9,11-12H2,1-4H3/b13-6+,14-10+/t16-,17-/m0/s1. The van der Waals surface area contributed by atoms with E-state index in [1.807, 2.05) is 6.08 Å². The summed E-state index contributed by atoms with van der Waals surface area (Å²) < 4.78 is 10.6. The summed E-state index contributed by atoms with van der Waals surface area (Å²) in [5, 5.41) is 0.916. The maximum atomic E-state index is 10.7. The fourth-order valence-corrected chi connectivity index (χ4v) is 2.68. The average molecular weight is 359 g/mol. The van der Waals surface area contributed by atoms with Gasteiger partial charge in [-0.3, -0.25) is 4.79 Å². The van der Waals surface area contributed by atoms with Gasteiger partial charge in [0.15, 0.2) is 0 Å². The zero-order valence-corrected chi connectivity index (χ0v) is 15.2. The molecule has 0 aromatic rings. The number of hydrogen-bond donors (Lipinski definition) is 0. The van der Waals surface area contributed by atoms with E-state index in [1.54, 1.807) is 0 Å². The first-order valence-corrected chi connectivity index (χ1v) is 8.68. The van der Waals surface area contributed by atoms with Crippen LogP contribution in [0.1, 0.15) is 53.4 Å². The molecule has 120 valence electrons. The molecule has 2 atom stereocenters. The number of carbonyl (C=O) groups excluding carboxylic acids is 1. The summed E-state index contributed by atoms with van der Waals surface area (Å²) in [6.45, 7) is 8.23. The number of carbonyl (C=O) groups is 1. The average Bonchev–Trinajstić information content (AvgIpc) is 3.08. The van der Waals surface area contributed by atoms with Crippen LogP contribution < -0.4 is 0 Å². The van der Waals surface area contributed by atoms with Crippen molar-refractivity contribution in [3.05, 3.63) is 23.3 Å². The second kappa shape index (κ2) is 8.74. The molecule has 0 bridgehead atoms. The van der Waals surface area contributed by atoms with Gasteiger partial charge in [0.2, 0.25) is 0 Å². The molecular formula is C17H27BrO3. The third-order valence-corrected chi connectivity index (χ3v) is 4.96. The summed E-state index contributed by atoms with van der Waals surface area (Å²) in [7, 11) is 0. The second-order valence-electron chi connectivity index (χ2n) is 6.03. The van der Waals surface area contributed by atoms with E-state index in [0.717, 1.165) is 31.0 Å². The Balaban J connectivity index is 2.16. The fraction of sp³-hybridized carbons (Fsp3) is 0.706. The van der Waals surface area contributed by atoms with Crippen LogP contribution in [0.3, 0.4) is 0 Å². The number of alkyl halides is 1. The van der Waals surface area contributed by atoms with Crippen molar-refractivity contribution in [2.45, 2.75) is 65.1 Å². The third-order valence-electron chi connectivity index (χ3n) is 3.85. The molecule has 1 aliphatic rings. The summed E-state index contributed by atoms with van der Waals surface area (Å²) in [4.78, 5) is 10.7. The molecule has 0 aromatic heterocycles. The first-order chi connectivity index (χ1) is 9.87. The Morgan fingerprint density at radius 2 is 1.90 bits per heavy atom. The van der Waals surface area contributed by atoms with Crippen LogP contribution in [-0.2, 0) is 14.3 Å². The van der Waals surface area contributed by atoms with E-state index in [-0.39, 0.29) is 11.6 Å². The summed E-state index contributed by atoms with van der Waals surface area (Å²) in [5.41, 5.74) is 2.75. The van der Waals surface area contributed by atoms with Crippen molar-refractivity contribution in [1.82, 2.24) is 0 Å². The Kier molecular flexibility index (Phi) is 7.67. The molecule has 21 heavy (non-hydrogen) atoms. The van der Waals surface area contributed by atoms with Crippen LogP contribution in [0.25, 0.3) is 0 Å². The largest absolute Gasteiger partial charge is 0.462 e. The van der Waals surface area contributed by atoms with Gasteiger partial charge in [-0.05, 0) is 52.5 Å². The van der Waals surface area contributed by atoms with E-state index >= 15 is 0 Å². The van der Waals surface area contributed by atoms with E-state index < -0.39 is 0 Å². The van der Waals surface area contributed by atoms with Gasteiger partial charge in [0.05, 0.1) is 6.10 Å². The van der Waals surface area contributed by atoms with Gasteiger partial charge in [0.25, 0.3) is 0 Å². The Bertz CT molecular complexity index is 414. The number of halogens is 1. The molecule has 1 aliphatic heterocycles. The van der Waals surface area contributed by atoms with Crippen LogP contribution in [0.15, 0.2) is 23.3 Å². The molecule has 1 fully saturated rings. The lowest BCUT2D eigenvalue weighted by molar-refractivity contribution is -0.139. The number of ether oxygens (including phenoxy) is 2. The highest BCUT2D eigenvalue weighted by atomic mass is 79.9.